The summed E-state index contributed by atoms with van der Waals surface area (Å²) in [4.78, 5) is 11.5. The lowest BCUT2D eigenvalue weighted by atomic mass is 9.94. The molecule has 17 heavy (non-hydrogen) atoms. The molecule has 0 fully saturated rings. The van der Waals surface area contributed by atoms with Gasteiger partial charge in [0.25, 0.3) is 0 Å². The van der Waals surface area contributed by atoms with Crippen molar-refractivity contribution in [1.82, 2.24) is 4.57 Å². The van der Waals surface area contributed by atoms with Crippen LogP contribution in [0.25, 0.3) is 10.9 Å². The highest BCUT2D eigenvalue weighted by molar-refractivity contribution is 5.86. The first-order chi connectivity index (χ1) is 8.13. The van der Waals surface area contributed by atoms with E-state index in [1.807, 2.05) is 13.0 Å². The number of hydrogen-bond donors (Lipinski definition) is 0. The maximum atomic E-state index is 11.5. The molecule has 0 saturated carbocycles. The highest BCUT2D eigenvalue weighted by atomic mass is 16.1. The zero-order valence-corrected chi connectivity index (χ0v) is 10.7. The third-order valence-corrected chi connectivity index (χ3v) is 3.39. The molecule has 1 aromatic carbocycles. The number of fused-ring (bicyclic) bond motifs is 1. The highest BCUT2D eigenvalue weighted by Gasteiger charge is 2.15. The molecule has 0 spiro atoms. The molecule has 0 aliphatic carbocycles. The first-order valence-corrected chi connectivity index (χ1v) is 6.19. The van der Waals surface area contributed by atoms with Gasteiger partial charge in [-0.3, -0.25) is 4.79 Å². The molecule has 0 N–H and O–H groups in total. The van der Waals surface area contributed by atoms with Crippen molar-refractivity contribution in [2.75, 3.05) is 0 Å². The molecule has 1 atom stereocenters. The first-order valence-electron chi connectivity index (χ1n) is 6.19. The van der Waals surface area contributed by atoms with Gasteiger partial charge in [0.15, 0.2) is 0 Å². The predicted molar refractivity (Wildman–Crippen MR) is 71.2 cm³/mol. The number of Topliss-reactive ketones (excluding diaryl/α,β-unsaturated/α-hetero) is 1. The van der Waals surface area contributed by atoms with Gasteiger partial charge >= 0.3 is 0 Å². The van der Waals surface area contributed by atoms with Crippen molar-refractivity contribution < 1.29 is 4.79 Å². The number of aromatic nitrogens is 1. The standard InChI is InChI=1S/C15H19NO/c1-4-12(17)9-11(2)14-10-16(3)15-8-6-5-7-13(14)15/h5-8,10-11H,4,9H2,1-3H3/t11-/m0/s1. The average Bonchev–Trinajstić information content (AvgIpc) is 2.67. The largest absolute Gasteiger partial charge is 0.350 e. The lowest BCUT2D eigenvalue weighted by Crippen LogP contribution is -2.02. The van der Waals surface area contributed by atoms with Gasteiger partial charge in [0.1, 0.15) is 5.78 Å². The summed E-state index contributed by atoms with van der Waals surface area (Å²) < 4.78 is 2.14. The van der Waals surface area contributed by atoms with E-state index in [1.54, 1.807) is 0 Å². The first kappa shape index (κ1) is 11.9. The minimum atomic E-state index is 0.300. The van der Waals surface area contributed by atoms with Gasteiger partial charge in [0, 0.05) is 37.0 Å². The second-order valence-electron chi connectivity index (χ2n) is 4.71. The van der Waals surface area contributed by atoms with E-state index >= 15 is 0 Å². The van der Waals surface area contributed by atoms with Gasteiger partial charge in [0.2, 0.25) is 0 Å². The maximum Gasteiger partial charge on any atom is 0.133 e. The molecule has 1 heterocycles. The zero-order valence-electron chi connectivity index (χ0n) is 10.7. The van der Waals surface area contributed by atoms with Gasteiger partial charge in [-0.2, -0.15) is 0 Å². The van der Waals surface area contributed by atoms with Crippen molar-refractivity contribution in [1.29, 1.82) is 0 Å². The second-order valence-corrected chi connectivity index (χ2v) is 4.71. The van der Waals surface area contributed by atoms with Crippen LogP contribution in [0.2, 0.25) is 0 Å². The minimum absolute atomic E-state index is 0.300. The Kier molecular flexibility index (Phi) is 3.32. The van der Waals surface area contributed by atoms with Crippen LogP contribution < -0.4 is 0 Å². The van der Waals surface area contributed by atoms with Crippen molar-refractivity contribution >= 4 is 16.7 Å². The number of carbonyl (C=O) groups excluding carboxylic acids is 1. The Labute approximate surface area is 102 Å². The number of nitrogens with zero attached hydrogens (tertiary/aromatic N) is 1. The number of aryl methyl sites for hydroxylation is 1. The molecule has 0 amide bonds. The number of benzene rings is 1. The van der Waals surface area contributed by atoms with Gasteiger partial charge < -0.3 is 4.57 Å². The number of hydrogen-bond acceptors (Lipinski definition) is 1. The summed E-state index contributed by atoms with van der Waals surface area (Å²) in [5, 5.41) is 1.27. The molecule has 0 unspecified atom stereocenters. The van der Waals surface area contributed by atoms with Gasteiger partial charge in [0.05, 0.1) is 0 Å². The Balaban J connectivity index is 2.38. The van der Waals surface area contributed by atoms with Crippen LogP contribution >= 0.6 is 0 Å². The van der Waals surface area contributed by atoms with E-state index in [1.165, 1.54) is 16.5 Å². The van der Waals surface area contributed by atoms with E-state index in [0.717, 1.165) is 0 Å². The Bertz CT molecular complexity index is 539. The maximum absolute atomic E-state index is 11.5. The summed E-state index contributed by atoms with van der Waals surface area (Å²) in [5.41, 5.74) is 2.52. The van der Waals surface area contributed by atoms with Crippen LogP contribution in [0.1, 0.15) is 38.2 Å². The van der Waals surface area contributed by atoms with Gasteiger partial charge in [-0.1, -0.05) is 32.0 Å². The Morgan fingerprint density at radius 3 is 2.76 bits per heavy atom. The lowest BCUT2D eigenvalue weighted by molar-refractivity contribution is -0.119. The Morgan fingerprint density at radius 2 is 2.06 bits per heavy atom. The molecule has 0 aliphatic heterocycles. The molecule has 1 aromatic heterocycles. The topological polar surface area (TPSA) is 22.0 Å². The summed E-state index contributed by atoms with van der Waals surface area (Å²) in [6, 6.07) is 8.36. The van der Waals surface area contributed by atoms with Crippen LogP contribution in [-0.2, 0) is 11.8 Å². The Morgan fingerprint density at radius 1 is 1.35 bits per heavy atom. The van der Waals surface area contributed by atoms with E-state index in [2.05, 4.69) is 42.9 Å². The lowest BCUT2D eigenvalue weighted by Gasteiger charge is -2.08. The molecular formula is C15H19NO. The fraction of sp³-hybridized carbons (Fsp3) is 0.400. The minimum Gasteiger partial charge on any atom is -0.350 e. The molecule has 0 saturated heterocycles. The van der Waals surface area contributed by atoms with E-state index in [4.69, 9.17) is 0 Å². The molecule has 2 rings (SSSR count). The summed E-state index contributed by atoms with van der Waals surface area (Å²) in [7, 11) is 2.06. The Hall–Kier alpha value is -1.57. The smallest absolute Gasteiger partial charge is 0.133 e. The number of ketones is 1. The quantitative estimate of drug-likeness (QED) is 0.784. The monoisotopic (exact) mass is 229 g/mol. The van der Waals surface area contributed by atoms with Gasteiger partial charge in [-0.25, -0.2) is 0 Å². The predicted octanol–water partition coefficient (Wildman–Crippen LogP) is 3.65. The van der Waals surface area contributed by atoms with E-state index < -0.39 is 0 Å². The van der Waals surface area contributed by atoms with Crippen molar-refractivity contribution in [3.8, 4) is 0 Å². The van der Waals surface area contributed by atoms with Crippen molar-refractivity contribution in [3.63, 3.8) is 0 Å². The van der Waals surface area contributed by atoms with E-state index in [0.29, 0.717) is 24.5 Å². The molecule has 2 nitrogen and oxygen atoms in total. The molecule has 0 radical (unpaired) electrons. The van der Waals surface area contributed by atoms with Crippen molar-refractivity contribution in [3.05, 3.63) is 36.0 Å². The highest BCUT2D eigenvalue weighted by Crippen LogP contribution is 2.29. The van der Waals surface area contributed by atoms with Crippen LogP contribution in [-0.4, -0.2) is 10.4 Å². The number of carbonyl (C=O) groups is 1. The second kappa shape index (κ2) is 4.74. The van der Waals surface area contributed by atoms with E-state index in [9.17, 15) is 4.79 Å². The molecular weight excluding hydrogens is 210 g/mol. The third kappa shape index (κ3) is 2.26. The summed E-state index contributed by atoms with van der Waals surface area (Å²) in [5.74, 6) is 0.638. The van der Waals surface area contributed by atoms with Gasteiger partial charge in [-0.15, -0.1) is 0 Å². The molecule has 0 bridgehead atoms. The van der Waals surface area contributed by atoms with Gasteiger partial charge in [-0.05, 0) is 17.5 Å². The van der Waals surface area contributed by atoms with Crippen LogP contribution in [0.15, 0.2) is 30.5 Å². The molecule has 0 aliphatic rings. The summed E-state index contributed by atoms with van der Waals surface area (Å²) >= 11 is 0. The van der Waals surface area contributed by atoms with Crippen LogP contribution in [0.3, 0.4) is 0 Å². The molecule has 2 heteroatoms. The summed E-state index contributed by atoms with van der Waals surface area (Å²) in [6.45, 7) is 4.06. The molecule has 2 aromatic rings. The fourth-order valence-electron chi connectivity index (χ4n) is 2.36. The van der Waals surface area contributed by atoms with E-state index in [-0.39, 0.29) is 0 Å². The fourth-order valence-corrected chi connectivity index (χ4v) is 2.36. The summed E-state index contributed by atoms with van der Waals surface area (Å²) in [6.07, 6.45) is 3.43. The zero-order chi connectivity index (χ0) is 12.4. The van der Waals surface area contributed by atoms with Crippen LogP contribution in [0, 0.1) is 0 Å². The number of rotatable bonds is 4. The normalized spacial score (nSPS) is 12.9. The van der Waals surface area contributed by atoms with Crippen molar-refractivity contribution in [2.45, 2.75) is 32.6 Å². The average molecular weight is 229 g/mol. The SMILES string of the molecule is CCC(=O)C[C@H](C)c1cn(C)c2ccccc12. The van der Waals surface area contributed by atoms with Crippen LogP contribution in [0.4, 0.5) is 0 Å². The third-order valence-electron chi connectivity index (χ3n) is 3.39. The molecule has 90 valence electrons. The van der Waals surface area contributed by atoms with Crippen molar-refractivity contribution in [2.24, 2.45) is 7.05 Å². The van der Waals surface area contributed by atoms with Crippen LogP contribution in [0.5, 0.6) is 0 Å². The number of para-hydroxylation sites is 1.